The molecule has 5 heteroatoms. The van der Waals surface area contributed by atoms with Gasteiger partial charge in [-0.05, 0) is 19.5 Å². The van der Waals surface area contributed by atoms with E-state index in [2.05, 4.69) is 24.1 Å². The van der Waals surface area contributed by atoms with Crippen molar-refractivity contribution in [2.24, 2.45) is 0 Å². The van der Waals surface area contributed by atoms with Gasteiger partial charge in [-0.3, -0.25) is 10.1 Å². The zero-order valence-corrected chi connectivity index (χ0v) is 11.5. The number of carbonyl (C=O) groups is 1. The fraction of sp³-hybridized carbons (Fsp3) is 0.917. The largest absolute Gasteiger partial charge is 0.480 e. The highest BCUT2D eigenvalue weighted by Crippen LogP contribution is 2.11. The van der Waals surface area contributed by atoms with E-state index >= 15 is 0 Å². The van der Waals surface area contributed by atoms with Crippen LogP contribution in [0.4, 0.5) is 0 Å². The second-order valence-electron chi connectivity index (χ2n) is 4.13. The normalized spacial score (nSPS) is 14.9. The van der Waals surface area contributed by atoms with Crippen LogP contribution in [0, 0.1) is 0 Å². The minimum atomic E-state index is -0.956. The van der Waals surface area contributed by atoms with E-state index in [-0.39, 0.29) is 6.61 Å². The van der Waals surface area contributed by atoms with Gasteiger partial charge in [-0.1, -0.05) is 20.8 Å². The monoisotopic (exact) mass is 246 g/mol. The molecule has 0 aliphatic rings. The fourth-order valence-corrected chi connectivity index (χ4v) is 1.81. The number of hydrogen-bond donors (Lipinski definition) is 2. The molecular weight excluding hydrogens is 220 g/mol. The second-order valence-corrected chi connectivity index (χ2v) is 4.13. The maximum atomic E-state index is 11.3. The summed E-state index contributed by atoms with van der Waals surface area (Å²) < 4.78 is 5.01. The maximum absolute atomic E-state index is 11.3. The van der Waals surface area contributed by atoms with Crippen molar-refractivity contribution in [1.29, 1.82) is 0 Å². The number of carboxylic acid groups (broad SMARTS) is 1. The van der Waals surface area contributed by atoms with Crippen molar-refractivity contribution >= 4 is 5.97 Å². The van der Waals surface area contributed by atoms with Crippen LogP contribution in [0.5, 0.6) is 0 Å². The molecular formula is C12H26N2O3. The third-order valence-electron chi connectivity index (χ3n) is 3.19. The molecule has 1 unspecified atom stereocenters. The number of methoxy groups -OCH3 is 1. The minimum Gasteiger partial charge on any atom is -0.480 e. The first kappa shape index (κ1) is 16.4. The predicted molar refractivity (Wildman–Crippen MR) is 68.3 cm³/mol. The topological polar surface area (TPSA) is 61.8 Å². The number of nitrogens with zero attached hydrogens (tertiary/aromatic N) is 1. The summed E-state index contributed by atoms with van der Waals surface area (Å²) in [5.41, 5.74) is -0.956. The Kier molecular flexibility index (Phi) is 8.12. The SMILES string of the molecule is CCN(CC)CCNC(CC)(COC)C(=O)O. The first-order chi connectivity index (χ1) is 8.06. The molecule has 0 aliphatic carbocycles. The van der Waals surface area contributed by atoms with E-state index in [1.165, 1.54) is 7.11 Å². The van der Waals surface area contributed by atoms with E-state index < -0.39 is 11.5 Å². The third kappa shape index (κ3) is 5.02. The molecule has 0 heterocycles. The summed E-state index contributed by atoms with van der Waals surface area (Å²) in [4.78, 5) is 13.6. The van der Waals surface area contributed by atoms with E-state index in [0.717, 1.165) is 19.6 Å². The Hall–Kier alpha value is -0.650. The second kappa shape index (κ2) is 8.44. The molecule has 0 aromatic rings. The Balaban J connectivity index is 4.30. The van der Waals surface area contributed by atoms with Gasteiger partial charge in [0.1, 0.15) is 5.54 Å². The van der Waals surface area contributed by atoms with Crippen LogP contribution in [-0.2, 0) is 9.53 Å². The summed E-state index contributed by atoms with van der Waals surface area (Å²) in [6.07, 6.45) is 0.508. The van der Waals surface area contributed by atoms with Gasteiger partial charge in [-0.15, -0.1) is 0 Å². The van der Waals surface area contributed by atoms with E-state index in [1.807, 2.05) is 6.92 Å². The van der Waals surface area contributed by atoms with Crippen LogP contribution in [0.2, 0.25) is 0 Å². The van der Waals surface area contributed by atoms with Crippen molar-refractivity contribution in [3.05, 3.63) is 0 Å². The number of ether oxygens (including phenoxy) is 1. The molecule has 0 bridgehead atoms. The van der Waals surface area contributed by atoms with Crippen LogP contribution in [0.3, 0.4) is 0 Å². The van der Waals surface area contributed by atoms with Crippen molar-refractivity contribution in [2.45, 2.75) is 32.7 Å². The molecule has 5 nitrogen and oxygen atoms in total. The van der Waals surface area contributed by atoms with Crippen LogP contribution >= 0.6 is 0 Å². The molecule has 1 atom stereocenters. The van der Waals surface area contributed by atoms with Crippen molar-refractivity contribution in [1.82, 2.24) is 10.2 Å². The molecule has 17 heavy (non-hydrogen) atoms. The Morgan fingerprint density at radius 3 is 2.29 bits per heavy atom. The smallest absolute Gasteiger partial charge is 0.326 e. The molecule has 0 spiro atoms. The standard InChI is InChI=1S/C12H26N2O3/c1-5-12(10-17-4,11(15)16)13-8-9-14(6-2)7-3/h13H,5-10H2,1-4H3,(H,15,16). The highest BCUT2D eigenvalue weighted by Gasteiger charge is 2.36. The van der Waals surface area contributed by atoms with E-state index in [0.29, 0.717) is 13.0 Å². The quantitative estimate of drug-likeness (QED) is 0.597. The summed E-state index contributed by atoms with van der Waals surface area (Å²) in [5, 5.41) is 12.4. The lowest BCUT2D eigenvalue weighted by Crippen LogP contribution is -2.56. The first-order valence-electron chi connectivity index (χ1n) is 6.26. The van der Waals surface area contributed by atoms with Crippen molar-refractivity contribution < 1.29 is 14.6 Å². The Bertz CT molecular complexity index is 220. The number of hydrogen-bond acceptors (Lipinski definition) is 4. The van der Waals surface area contributed by atoms with Crippen LogP contribution in [-0.4, -0.2) is 61.4 Å². The molecule has 2 N–H and O–H groups in total. The van der Waals surface area contributed by atoms with Crippen LogP contribution < -0.4 is 5.32 Å². The molecule has 0 radical (unpaired) electrons. The average Bonchev–Trinajstić information content (AvgIpc) is 2.33. The van der Waals surface area contributed by atoms with Crippen molar-refractivity contribution in [3.63, 3.8) is 0 Å². The van der Waals surface area contributed by atoms with E-state index in [9.17, 15) is 9.90 Å². The number of aliphatic carboxylic acids is 1. The zero-order chi connectivity index (χ0) is 13.3. The first-order valence-corrected chi connectivity index (χ1v) is 6.26. The molecule has 0 aromatic heterocycles. The Labute approximate surface area is 104 Å². The van der Waals surface area contributed by atoms with Gasteiger partial charge < -0.3 is 14.7 Å². The van der Waals surface area contributed by atoms with E-state index in [1.54, 1.807) is 0 Å². The van der Waals surface area contributed by atoms with Gasteiger partial charge in [0.05, 0.1) is 6.61 Å². The van der Waals surface area contributed by atoms with Crippen molar-refractivity contribution in [3.8, 4) is 0 Å². The Morgan fingerprint density at radius 1 is 1.35 bits per heavy atom. The summed E-state index contributed by atoms with van der Waals surface area (Å²) in [6.45, 7) is 9.72. The lowest BCUT2D eigenvalue weighted by Gasteiger charge is -2.30. The molecule has 0 aromatic carbocycles. The van der Waals surface area contributed by atoms with Gasteiger partial charge in [0.25, 0.3) is 0 Å². The Morgan fingerprint density at radius 2 is 1.94 bits per heavy atom. The summed E-state index contributed by atoms with van der Waals surface area (Å²) in [5.74, 6) is -0.846. The summed E-state index contributed by atoms with van der Waals surface area (Å²) >= 11 is 0. The molecule has 0 amide bonds. The predicted octanol–water partition coefficient (Wildman–Crippen LogP) is 0.798. The number of rotatable bonds is 10. The minimum absolute atomic E-state index is 0.192. The zero-order valence-electron chi connectivity index (χ0n) is 11.5. The highest BCUT2D eigenvalue weighted by atomic mass is 16.5. The molecule has 0 saturated heterocycles. The van der Waals surface area contributed by atoms with Gasteiger partial charge in [0, 0.05) is 20.2 Å². The molecule has 102 valence electrons. The number of carboxylic acids is 1. The van der Waals surface area contributed by atoms with Gasteiger partial charge in [-0.25, -0.2) is 0 Å². The van der Waals surface area contributed by atoms with Gasteiger partial charge in [-0.2, -0.15) is 0 Å². The number of nitrogens with one attached hydrogen (secondary N) is 1. The highest BCUT2D eigenvalue weighted by molar-refractivity contribution is 5.78. The van der Waals surface area contributed by atoms with Crippen LogP contribution in [0.15, 0.2) is 0 Å². The van der Waals surface area contributed by atoms with Gasteiger partial charge in [0.2, 0.25) is 0 Å². The molecule has 0 saturated carbocycles. The van der Waals surface area contributed by atoms with Crippen LogP contribution in [0.1, 0.15) is 27.2 Å². The summed E-state index contributed by atoms with van der Waals surface area (Å²) in [7, 11) is 1.53. The molecule has 0 aliphatic heterocycles. The molecule has 0 fully saturated rings. The third-order valence-corrected chi connectivity index (χ3v) is 3.19. The molecule has 0 rings (SSSR count). The summed E-state index contributed by atoms with van der Waals surface area (Å²) in [6, 6.07) is 0. The lowest BCUT2D eigenvalue weighted by atomic mass is 9.97. The van der Waals surface area contributed by atoms with Crippen LogP contribution in [0.25, 0.3) is 0 Å². The van der Waals surface area contributed by atoms with Crippen molar-refractivity contribution in [2.75, 3.05) is 39.9 Å². The maximum Gasteiger partial charge on any atom is 0.326 e. The number of likely N-dealkylation sites (N-methyl/N-ethyl adjacent to an activating group) is 1. The van der Waals surface area contributed by atoms with Gasteiger partial charge in [0.15, 0.2) is 0 Å². The lowest BCUT2D eigenvalue weighted by molar-refractivity contribution is -0.147. The van der Waals surface area contributed by atoms with Gasteiger partial charge >= 0.3 is 5.97 Å². The average molecular weight is 246 g/mol. The fourth-order valence-electron chi connectivity index (χ4n) is 1.81. The van der Waals surface area contributed by atoms with E-state index in [4.69, 9.17) is 4.74 Å².